The molecule has 0 bridgehead atoms. The molecule has 0 radical (unpaired) electrons. The van der Waals surface area contributed by atoms with Crippen molar-refractivity contribution in [2.24, 2.45) is 0 Å². The van der Waals surface area contributed by atoms with Gasteiger partial charge in [-0.2, -0.15) is 0 Å². The van der Waals surface area contributed by atoms with Crippen LogP contribution in [0.5, 0.6) is 0 Å². The number of rotatable bonds is 16. The summed E-state index contributed by atoms with van der Waals surface area (Å²) in [6, 6.07) is 13.0. The molecule has 2 rings (SSSR count). The van der Waals surface area contributed by atoms with Crippen molar-refractivity contribution in [3.05, 3.63) is 69.8 Å². The summed E-state index contributed by atoms with van der Waals surface area (Å²) in [7, 11) is 0. The first-order chi connectivity index (χ1) is 22.1. The lowest BCUT2D eigenvalue weighted by molar-refractivity contribution is -0.122. The van der Waals surface area contributed by atoms with Gasteiger partial charge < -0.3 is 10.6 Å². The Kier molecular flexibility index (Phi) is 15.1. The minimum atomic E-state index is -0.0225. The molecule has 0 aliphatic heterocycles. The summed E-state index contributed by atoms with van der Waals surface area (Å²) in [5.74, 6) is 0.337. The Balaban J connectivity index is 1.61. The molecule has 5 heteroatoms. The van der Waals surface area contributed by atoms with E-state index in [4.69, 9.17) is 0 Å². The number of ketones is 1. The van der Waals surface area contributed by atoms with E-state index in [1.54, 1.807) is 0 Å². The number of amides is 2. The van der Waals surface area contributed by atoms with Crippen molar-refractivity contribution >= 4 is 17.6 Å². The normalized spacial score (nSPS) is 12.6. The average Bonchev–Trinajstić information content (AvgIpc) is 2.97. The van der Waals surface area contributed by atoms with Gasteiger partial charge in [0.15, 0.2) is 0 Å². The van der Waals surface area contributed by atoms with E-state index >= 15 is 0 Å². The van der Waals surface area contributed by atoms with E-state index in [1.165, 1.54) is 22.3 Å². The molecule has 0 unspecified atom stereocenters. The maximum atomic E-state index is 13.0. The van der Waals surface area contributed by atoms with Crippen LogP contribution in [0.25, 0.3) is 0 Å². The van der Waals surface area contributed by atoms with Gasteiger partial charge in [0, 0.05) is 37.9 Å². The van der Waals surface area contributed by atoms with Gasteiger partial charge in [0.2, 0.25) is 5.91 Å². The van der Waals surface area contributed by atoms with Gasteiger partial charge in [0.1, 0.15) is 5.78 Å². The predicted molar refractivity (Wildman–Crippen MR) is 203 cm³/mol. The third kappa shape index (κ3) is 14.7. The molecule has 0 saturated carbocycles. The fraction of sp³-hybridized carbons (Fsp3) is 0.651. The smallest absolute Gasteiger partial charge is 0.251 e. The molecule has 5 nitrogen and oxygen atoms in total. The maximum absolute atomic E-state index is 13.0. The SMILES string of the molecule is CC(C)(C)c1cc(CNC(=O)CCCCC(=O)CCCCCCCNC(=O)c2cc(C(C)(C)C)cc(C(C)(C)C)c2)cc(C(C)(C)C)c1. The van der Waals surface area contributed by atoms with E-state index in [2.05, 4.69) is 118 Å². The summed E-state index contributed by atoms with van der Waals surface area (Å²) in [6.07, 6.45) is 8.08. The number of carbonyl (C=O) groups is 3. The fourth-order valence-electron chi connectivity index (χ4n) is 5.59. The van der Waals surface area contributed by atoms with Crippen LogP contribution >= 0.6 is 0 Å². The summed E-state index contributed by atoms with van der Waals surface area (Å²) in [4.78, 5) is 37.9. The van der Waals surface area contributed by atoms with Gasteiger partial charge in [-0.1, -0.05) is 127 Å². The van der Waals surface area contributed by atoms with Gasteiger partial charge in [-0.05, 0) is 87.3 Å². The van der Waals surface area contributed by atoms with Crippen LogP contribution in [0.3, 0.4) is 0 Å². The highest BCUT2D eigenvalue weighted by molar-refractivity contribution is 5.94. The van der Waals surface area contributed by atoms with Crippen LogP contribution in [0, 0.1) is 0 Å². The zero-order valence-electron chi connectivity index (χ0n) is 32.7. The second kappa shape index (κ2) is 17.6. The van der Waals surface area contributed by atoms with Crippen molar-refractivity contribution in [1.29, 1.82) is 0 Å². The zero-order chi connectivity index (χ0) is 36.3. The summed E-state index contributed by atoms with van der Waals surface area (Å²) in [5, 5.41) is 6.20. The summed E-state index contributed by atoms with van der Waals surface area (Å²) in [5.41, 5.74) is 6.86. The molecular formula is C43H68N2O3. The number of nitrogens with one attached hydrogen (secondary N) is 2. The molecule has 2 aromatic carbocycles. The Morgan fingerprint density at radius 2 is 0.875 bits per heavy atom. The van der Waals surface area contributed by atoms with Crippen LogP contribution < -0.4 is 10.6 Å². The van der Waals surface area contributed by atoms with Crippen molar-refractivity contribution in [2.75, 3.05) is 6.54 Å². The van der Waals surface area contributed by atoms with E-state index < -0.39 is 0 Å². The second-order valence-electron chi connectivity index (χ2n) is 18.0. The molecule has 0 atom stereocenters. The standard InChI is InChI=1S/C43H68N2O3/c1-40(2,3)33-24-31(25-34(28-33)41(4,5)6)30-45-38(47)22-18-17-21-37(46)20-16-14-13-15-19-23-44-39(48)32-26-35(42(7,8)9)29-36(27-32)43(10,11)12/h24-29H,13-23,30H2,1-12H3,(H,44,48)(H,45,47). The molecular weight excluding hydrogens is 592 g/mol. The molecule has 2 N–H and O–H groups in total. The van der Waals surface area contributed by atoms with E-state index in [0.29, 0.717) is 38.1 Å². The molecule has 0 spiro atoms. The summed E-state index contributed by atoms with van der Waals surface area (Å²) < 4.78 is 0. The monoisotopic (exact) mass is 661 g/mol. The Morgan fingerprint density at radius 3 is 1.35 bits per heavy atom. The molecule has 0 fully saturated rings. The van der Waals surface area contributed by atoms with Crippen LogP contribution in [0.15, 0.2) is 36.4 Å². The first kappa shape index (κ1) is 41.2. The highest BCUT2D eigenvalue weighted by atomic mass is 16.2. The lowest BCUT2D eigenvalue weighted by Gasteiger charge is -2.26. The van der Waals surface area contributed by atoms with Gasteiger partial charge in [-0.25, -0.2) is 0 Å². The average molecular weight is 661 g/mol. The highest BCUT2D eigenvalue weighted by Crippen LogP contribution is 2.31. The van der Waals surface area contributed by atoms with E-state index in [1.807, 2.05) is 12.1 Å². The van der Waals surface area contributed by atoms with Gasteiger partial charge >= 0.3 is 0 Å². The van der Waals surface area contributed by atoms with E-state index in [-0.39, 0.29) is 33.5 Å². The van der Waals surface area contributed by atoms with Crippen molar-refractivity contribution in [3.8, 4) is 0 Å². The zero-order valence-corrected chi connectivity index (χ0v) is 32.7. The quantitative estimate of drug-likeness (QED) is 0.176. The van der Waals surface area contributed by atoms with Crippen molar-refractivity contribution in [3.63, 3.8) is 0 Å². The highest BCUT2D eigenvalue weighted by Gasteiger charge is 2.23. The molecule has 2 aromatic rings. The second-order valence-corrected chi connectivity index (χ2v) is 18.0. The Bertz CT molecular complexity index is 1300. The maximum Gasteiger partial charge on any atom is 0.251 e. The molecule has 0 saturated heterocycles. The van der Waals surface area contributed by atoms with Crippen molar-refractivity contribution < 1.29 is 14.4 Å². The lowest BCUT2D eigenvalue weighted by atomic mass is 9.79. The molecule has 2 amide bonds. The molecule has 0 aliphatic carbocycles. The molecule has 48 heavy (non-hydrogen) atoms. The third-order valence-electron chi connectivity index (χ3n) is 9.17. The summed E-state index contributed by atoms with van der Waals surface area (Å²) >= 11 is 0. The van der Waals surface area contributed by atoms with Gasteiger partial charge in [-0.3, -0.25) is 14.4 Å². The Hall–Kier alpha value is -2.95. The number of hydrogen-bond donors (Lipinski definition) is 2. The number of benzene rings is 2. The van der Waals surface area contributed by atoms with Crippen molar-refractivity contribution in [2.45, 2.75) is 175 Å². The first-order valence-electron chi connectivity index (χ1n) is 18.4. The lowest BCUT2D eigenvalue weighted by Crippen LogP contribution is -2.26. The minimum absolute atomic E-state index is 0.00440. The van der Waals surface area contributed by atoms with Crippen LogP contribution in [-0.2, 0) is 37.8 Å². The number of unbranched alkanes of at least 4 members (excludes halogenated alkanes) is 5. The molecule has 0 aromatic heterocycles. The predicted octanol–water partition coefficient (Wildman–Crippen LogP) is 10.4. The van der Waals surface area contributed by atoms with Crippen LogP contribution in [-0.4, -0.2) is 24.1 Å². The van der Waals surface area contributed by atoms with Crippen LogP contribution in [0.4, 0.5) is 0 Å². The molecule has 0 aliphatic rings. The molecule has 0 heterocycles. The van der Waals surface area contributed by atoms with Crippen LogP contribution in [0.2, 0.25) is 0 Å². The third-order valence-corrected chi connectivity index (χ3v) is 9.17. The topological polar surface area (TPSA) is 75.3 Å². The first-order valence-corrected chi connectivity index (χ1v) is 18.4. The van der Waals surface area contributed by atoms with Crippen molar-refractivity contribution in [1.82, 2.24) is 10.6 Å². The number of Topliss-reactive ketones (excluding diaryl/α,β-unsaturated/α-hetero) is 1. The van der Waals surface area contributed by atoms with Crippen LogP contribution in [0.1, 0.15) is 185 Å². The number of hydrogen-bond acceptors (Lipinski definition) is 3. The Labute approximate surface area is 293 Å². The molecule has 268 valence electrons. The summed E-state index contributed by atoms with van der Waals surface area (Å²) in [6.45, 7) is 27.6. The van der Waals surface area contributed by atoms with Gasteiger partial charge in [0.05, 0.1) is 0 Å². The van der Waals surface area contributed by atoms with Gasteiger partial charge in [0.25, 0.3) is 5.91 Å². The fourth-order valence-corrected chi connectivity index (χ4v) is 5.59. The van der Waals surface area contributed by atoms with E-state index in [0.717, 1.165) is 56.1 Å². The largest absolute Gasteiger partial charge is 0.352 e. The number of carbonyl (C=O) groups excluding carboxylic acids is 3. The van der Waals surface area contributed by atoms with Gasteiger partial charge in [-0.15, -0.1) is 0 Å². The minimum Gasteiger partial charge on any atom is -0.352 e. The Morgan fingerprint density at radius 1 is 0.479 bits per heavy atom. The van der Waals surface area contributed by atoms with E-state index in [9.17, 15) is 14.4 Å².